The Hall–Kier alpha value is -1.62. The van der Waals surface area contributed by atoms with Crippen molar-refractivity contribution in [3.63, 3.8) is 0 Å². The van der Waals surface area contributed by atoms with Gasteiger partial charge in [-0.1, -0.05) is 0 Å². The Labute approximate surface area is 103 Å². The van der Waals surface area contributed by atoms with Crippen molar-refractivity contribution in [2.24, 2.45) is 7.05 Å². The van der Waals surface area contributed by atoms with E-state index in [-0.39, 0.29) is 11.9 Å². The summed E-state index contributed by atoms with van der Waals surface area (Å²) in [6, 6.07) is 2.42. The molecule has 1 N–H and O–H groups in total. The van der Waals surface area contributed by atoms with E-state index in [9.17, 15) is 4.79 Å². The van der Waals surface area contributed by atoms with Gasteiger partial charge in [0, 0.05) is 25.2 Å². The molecular weight excluding hydrogens is 234 g/mol. The molecular formula is C12H13N3OS. The van der Waals surface area contributed by atoms with E-state index in [1.807, 2.05) is 7.05 Å². The number of hydrogen-bond donors (Lipinski definition) is 1. The first-order chi connectivity index (χ1) is 8.24. The van der Waals surface area contributed by atoms with Crippen LogP contribution in [-0.4, -0.2) is 21.7 Å². The number of aromatic nitrogens is 2. The highest BCUT2D eigenvalue weighted by Crippen LogP contribution is 2.41. The smallest absolute Gasteiger partial charge is 0.254 e. The molecule has 3 rings (SSSR count). The Bertz CT molecular complexity index is 532. The maximum Gasteiger partial charge on any atom is 0.254 e. The molecule has 5 heteroatoms. The summed E-state index contributed by atoms with van der Waals surface area (Å²) in [4.78, 5) is 11.9. The highest BCUT2D eigenvalue weighted by atomic mass is 32.1. The van der Waals surface area contributed by atoms with Gasteiger partial charge in [0.2, 0.25) is 0 Å². The van der Waals surface area contributed by atoms with Gasteiger partial charge in [-0.05, 0) is 28.8 Å². The van der Waals surface area contributed by atoms with Crippen LogP contribution >= 0.6 is 11.3 Å². The molecule has 4 nitrogen and oxygen atoms in total. The van der Waals surface area contributed by atoms with E-state index < -0.39 is 0 Å². The molecule has 1 fully saturated rings. The molecule has 0 radical (unpaired) electrons. The summed E-state index contributed by atoms with van der Waals surface area (Å²) >= 11 is 1.70. The molecule has 88 valence electrons. The monoisotopic (exact) mass is 247 g/mol. The molecule has 0 spiro atoms. The number of carbonyl (C=O) groups is 1. The lowest BCUT2D eigenvalue weighted by molar-refractivity contribution is 0.0950. The highest BCUT2D eigenvalue weighted by molar-refractivity contribution is 7.08. The van der Waals surface area contributed by atoms with E-state index in [1.54, 1.807) is 28.4 Å². The zero-order chi connectivity index (χ0) is 11.8. The van der Waals surface area contributed by atoms with Crippen LogP contribution in [0.5, 0.6) is 0 Å². The van der Waals surface area contributed by atoms with E-state index in [0.717, 1.165) is 6.42 Å². The van der Waals surface area contributed by atoms with E-state index in [4.69, 9.17) is 0 Å². The van der Waals surface area contributed by atoms with Crippen molar-refractivity contribution in [2.75, 3.05) is 0 Å². The number of carbonyl (C=O) groups excluding carboxylic acids is 1. The largest absolute Gasteiger partial charge is 0.349 e. The summed E-state index contributed by atoms with van der Waals surface area (Å²) in [5.74, 6) is 0.475. The van der Waals surface area contributed by atoms with Crippen LogP contribution in [0.15, 0.2) is 29.2 Å². The second kappa shape index (κ2) is 4.00. The predicted octanol–water partition coefficient (Wildman–Crippen LogP) is 1.77. The minimum Gasteiger partial charge on any atom is -0.349 e. The Morgan fingerprint density at radius 1 is 1.65 bits per heavy atom. The number of nitrogens with one attached hydrogen (secondary N) is 1. The van der Waals surface area contributed by atoms with Crippen LogP contribution < -0.4 is 5.32 Å². The van der Waals surface area contributed by atoms with Crippen molar-refractivity contribution in [2.45, 2.75) is 18.4 Å². The third-order valence-electron chi connectivity index (χ3n) is 3.05. The van der Waals surface area contributed by atoms with Gasteiger partial charge >= 0.3 is 0 Å². The summed E-state index contributed by atoms with van der Waals surface area (Å²) in [5, 5.41) is 11.3. The van der Waals surface area contributed by atoms with Gasteiger partial charge in [-0.3, -0.25) is 9.48 Å². The van der Waals surface area contributed by atoms with Crippen LogP contribution in [0.25, 0.3) is 0 Å². The molecule has 1 aliphatic carbocycles. The topological polar surface area (TPSA) is 46.9 Å². The van der Waals surface area contributed by atoms with Gasteiger partial charge in [0.05, 0.1) is 11.8 Å². The number of aryl methyl sites for hydroxylation is 1. The Kier molecular flexibility index (Phi) is 2.48. The van der Waals surface area contributed by atoms with Crippen LogP contribution in [0.1, 0.15) is 28.3 Å². The number of rotatable bonds is 3. The normalized spacial score (nSPS) is 22.4. The predicted molar refractivity (Wildman–Crippen MR) is 66.1 cm³/mol. The summed E-state index contributed by atoms with van der Waals surface area (Å²) < 4.78 is 1.64. The lowest BCUT2D eigenvalue weighted by atomic mass is 10.2. The zero-order valence-electron chi connectivity index (χ0n) is 9.46. The third kappa shape index (κ3) is 2.10. The number of thiophene rings is 1. The summed E-state index contributed by atoms with van der Waals surface area (Å²) in [6.07, 6.45) is 4.37. The summed E-state index contributed by atoms with van der Waals surface area (Å²) in [6.45, 7) is 0. The van der Waals surface area contributed by atoms with Gasteiger partial charge in [-0.2, -0.15) is 16.4 Å². The van der Waals surface area contributed by atoms with Gasteiger partial charge in [0.1, 0.15) is 0 Å². The quantitative estimate of drug-likeness (QED) is 0.898. The first kappa shape index (κ1) is 10.5. The molecule has 2 aromatic rings. The molecule has 2 atom stereocenters. The lowest BCUT2D eigenvalue weighted by Gasteiger charge is -2.01. The fraction of sp³-hybridized carbons (Fsp3) is 0.333. The number of amides is 1. The van der Waals surface area contributed by atoms with Gasteiger partial charge < -0.3 is 5.32 Å². The van der Waals surface area contributed by atoms with Gasteiger partial charge in [-0.15, -0.1) is 0 Å². The number of hydrogen-bond acceptors (Lipinski definition) is 3. The average molecular weight is 247 g/mol. The van der Waals surface area contributed by atoms with E-state index in [0.29, 0.717) is 11.5 Å². The molecule has 0 bridgehead atoms. The van der Waals surface area contributed by atoms with Crippen molar-refractivity contribution < 1.29 is 4.79 Å². The molecule has 2 aromatic heterocycles. The molecule has 0 saturated heterocycles. The highest BCUT2D eigenvalue weighted by Gasteiger charge is 2.39. The molecule has 17 heavy (non-hydrogen) atoms. The maximum atomic E-state index is 11.9. The third-order valence-corrected chi connectivity index (χ3v) is 3.75. The van der Waals surface area contributed by atoms with E-state index in [1.165, 1.54) is 5.56 Å². The molecule has 1 amide bonds. The first-order valence-corrected chi connectivity index (χ1v) is 6.50. The Morgan fingerprint density at radius 2 is 2.53 bits per heavy atom. The van der Waals surface area contributed by atoms with Crippen molar-refractivity contribution >= 4 is 17.2 Å². The zero-order valence-corrected chi connectivity index (χ0v) is 10.3. The maximum absolute atomic E-state index is 11.9. The Morgan fingerprint density at radius 3 is 3.18 bits per heavy atom. The van der Waals surface area contributed by atoms with Crippen molar-refractivity contribution in [1.82, 2.24) is 15.1 Å². The first-order valence-electron chi connectivity index (χ1n) is 5.55. The van der Waals surface area contributed by atoms with Gasteiger partial charge in [-0.25, -0.2) is 0 Å². The van der Waals surface area contributed by atoms with Crippen molar-refractivity contribution in [1.29, 1.82) is 0 Å². The van der Waals surface area contributed by atoms with Gasteiger partial charge in [0.15, 0.2) is 0 Å². The lowest BCUT2D eigenvalue weighted by Crippen LogP contribution is -2.26. The Balaban J connectivity index is 1.61. The van der Waals surface area contributed by atoms with Gasteiger partial charge in [0.25, 0.3) is 5.91 Å². The molecule has 2 heterocycles. The fourth-order valence-corrected chi connectivity index (χ4v) is 2.72. The molecule has 0 unspecified atom stereocenters. The standard InChI is InChI=1S/C12H13N3OS/c1-15-6-9(5-13-15)12(16)14-11-4-10(11)8-2-3-17-7-8/h2-3,5-7,10-11H,4H2,1H3,(H,14,16)/t10-,11+/m0/s1. The minimum atomic E-state index is -0.0270. The van der Waals surface area contributed by atoms with Crippen LogP contribution in [0, 0.1) is 0 Å². The summed E-state index contributed by atoms with van der Waals surface area (Å²) in [7, 11) is 1.81. The minimum absolute atomic E-state index is 0.0270. The van der Waals surface area contributed by atoms with E-state index >= 15 is 0 Å². The number of nitrogens with zero attached hydrogens (tertiary/aromatic N) is 2. The van der Waals surface area contributed by atoms with E-state index in [2.05, 4.69) is 27.2 Å². The second-order valence-corrected chi connectivity index (χ2v) is 5.16. The summed E-state index contributed by atoms with van der Waals surface area (Å²) in [5.41, 5.74) is 1.97. The van der Waals surface area contributed by atoms with Crippen molar-refractivity contribution in [3.8, 4) is 0 Å². The average Bonchev–Trinajstić information content (AvgIpc) is 2.77. The SMILES string of the molecule is Cn1cc(C(=O)N[C@@H]2C[C@H]2c2ccsc2)cn1. The van der Waals surface area contributed by atoms with Crippen LogP contribution in [-0.2, 0) is 7.05 Å². The molecule has 0 aliphatic heterocycles. The van der Waals surface area contributed by atoms with Crippen molar-refractivity contribution in [3.05, 3.63) is 40.3 Å². The molecule has 0 aromatic carbocycles. The van der Waals surface area contributed by atoms with Crippen LogP contribution in [0.4, 0.5) is 0 Å². The fourth-order valence-electron chi connectivity index (χ4n) is 2.00. The van der Waals surface area contributed by atoms with Crippen LogP contribution in [0.3, 0.4) is 0 Å². The molecule has 1 saturated carbocycles. The van der Waals surface area contributed by atoms with Crippen LogP contribution in [0.2, 0.25) is 0 Å². The molecule has 1 aliphatic rings. The second-order valence-electron chi connectivity index (χ2n) is 4.38.